The molecule has 0 fully saturated rings. The summed E-state index contributed by atoms with van der Waals surface area (Å²) in [6.07, 6.45) is 22.3. The molecule has 1 aliphatic heterocycles. The molecule has 26 heavy (non-hydrogen) atoms. The van der Waals surface area contributed by atoms with Crippen LogP contribution in [0.1, 0.15) is 124 Å². The number of hydrogen-bond acceptors (Lipinski definition) is 3. The number of amidine groups is 1. The summed E-state index contributed by atoms with van der Waals surface area (Å²) in [5.41, 5.74) is 2.95. The molecule has 1 N–H and O–H groups in total. The van der Waals surface area contributed by atoms with Gasteiger partial charge in [0, 0.05) is 5.41 Å². The third-order valence-electron chi connectivity index (χ3n) is 5.55. The molecule has 0 spiro atoms. The van der Waals surface area contributed by atoms with Gasteiger partial charge >= 0.3 is 0 Å². The summed E-state index contributed by atoms with van der Waals surface area (Å²) in [7, 11) is 0. The van der Waals surface area contributed by atoms with Crippen LogP contribution in [0.2, 0.25) is 0 Å². The van der Waals surface area contributed by atoms with Crippen molar-refractivity contribution in [2.75, 3.05) is 0 Å². The van der Waals surface area contributed by atoms with E-state index in [1.165, 1.54) is 96.3 Å². The highest BCUT2D eigenvalue weighted by atomic mass is 16.7. The maximum absolute atomic E-state index is 5.13. The molecule has 152 valence electrons. The molecule has 0 aliphatic carbocycles. The van der Waals surface area contributed by atoms with Crippen molar-refractivity contribution in [2.24, 2.45) is 10.4 Å². The molecule has 1 heterocycles. The number of aliphatic imine (C=N–C) groups is 1. The highest BCUT2D eigenvalue weighted by molar-refractivity contribution is 5.88. The van der Waals surface area contributed by atoms with Crippen LogP contribution >= 0.6 is 0 Å². The van der Waals surface area contributed by atoms with Gasteiger partial charge in [-0.25, -0.2) is 5.48 Å². The van der Waals surface area contributed by atoms with E-state index in [2.05, 4.69) is 37.8 Å². The number of hydrogen-bond donors (Lipinski definition) is 1. The molecule has 3 nitrogen and oxygen atoms in total. The van der Waals surface area contributed by atoms with Crippen LogP contribution in [0.25, 0.3) is 0 Å². The van der Waals surface area contributed by atoms with Gasteiger partial charge in [0.1, 0.15) is 5.84 Å². The summed E-state index contributed by atoms with van der Waals surface area (Å²) < 4.78 is 0. The van der Waals surface area contributed by atoms with Gasteiger partial charge in [-0.1, -0.05) is 117 Å². The van der Waals surface area contributed by atoms with Crippen LogP contribution in [-0.2, 0) is 4.84 Å². The zero-order valence-corrected chi connectivity index (χ0v) is 17.9. The van der Waals surface area contributed by atoms with Gasteiger partial charge in [0.15, 0.2) is 0 Å². The third kappa shape index (κ3) is 10.9. The van der Waals surface area contributed by atoms with E-state index in [-0.39, 0.29) is 5.41 Å². The Balaban J connectivity index is 1.84. The zero-order valence-electron chi connectivity index (χ0n) is 17.9. The summed E-state index contributed by atoms with van der Waals surface area (Å²) in [6.45, 7) is 10.5. The Morgan fingerprint density at radius 2 is 1.19 bits per heavy atom. The minimum Gasteiger partial charge on any atom is -0.361 e. The zero-order chi connectivity index (χ0) is 19.1. The fourth-order valence-electron chi connectivity index (χ4n) is 3.62. The minimum absolute atomic E-state index is 0.0516. The molecule has 1 aliphatic rings. The second-order valence-electron chi connectivity index (χ2n) is 8.64. The third-order valence-corrected chi connectivity index (χ3v) is 5.55. The van der Waals surface area contributed by atoms with E-state index >= 15 is 0 Å². The van der Waals surface area contributed by atoms with Crippen LogP contribution in [0.4, 0.5) is 0 Å². The molecule has 0 atom stereocenters. The van der Waals surface area contributed by atoms with Crippen molar-refractivity contribution in [1.82, 2.24) is 5.48 Å². The van der Waals surface area contributed by atoms with Crippen molar-refractivity contribution in [3.63, 3.8) is 0 Å². The molecule has 0 aromatic heterocycles. The van der Waals surface area contributed by atoms with Crippen molar-refractivity contribution in [1.29, 1.82) is 0 Å². The van der Waals surface area contributed by atoms with Gasteiger partial charge < -0.3 is 4.84 Å². The second kappa shape index (κ2) is 14.1. The number of nitrogens with zero attached hydrogens (tertiary/aromatic N) is 1. The first-order valence-electron chi connectivity index (χ1n) is 11.3. The van der Waals surface area contributed by atoms with Crippen LogP contribution in [0.3, 0.4) is 0 Å². The molecule has 0 saturated carbocycles. The molecule has 0 saturated heterocycles. The first-order chi connectivity index (χ1) is 12.6. The highest BCUT2D eigenvalue weighted by Gasteiger charge is 2.28. The lowest BCUT2D eigenvalue weighted by molar-refractivity contribution is 0.171. The van der Waals surface area contributed by atoms with Gasteiger partial charge in [0.05, 0.1) is 0 Å². The summed E-state index contributed by atoms with van der Waals surface area (Å²) in [5.74, 6) is 1.40. The van der Waals surface area contributed by atoms with Crippen LogP contribution in [0.5, 0.6) is 0 Å². The smallest absolute Gasteiger partial charge is 0.240 e. The van der Waals surface area contributed by atoms with Crippen molar-refractivity contribution >= 4 is 5.84 Å². The fraction of sp³-hybridized carbons (Fsp3) is 0.870. The number of nitrogens with one attached hydrogen (secondary N) is 1. The SMILES string of the molecule is C=C1N=C(C(C)(C)CCCCCCCCCCCCCCCCC)NO1. The lowest BCUT2D eigenvalue weighted by atomic mass is 9.85. The maximum atomic E-state index is 5.13. The Hall–Kier alpha value is -0.990. The molecule has 0 aromatic carbocycles. The Bertz CT molecular complexity index is 401. The number of hydroxylamine groups is 1. The van der Waals surface area contributed by atoms with Crippen LogP contribution < -0.4 is 5.48 Å². The summed E-state index contributed by atoms with van der Waals surface area (Å²) >= 11 is 0. The Morgan fingerprint density at radius 3 is 1.58 bits per heavy atom. The van der Waals surface area contributed by atoms with Crippen molar-refractivity contribution in [3.8, 4) is 0 Å². The van der Waals surface area contributed by atoms with Gasteiger partial charge in [-0.2, -0.15) is 4.99 Å². The van der Waals surface area contributed by atoms with Crippen LogP contribution in [0.15, 0.2) is 17.5 Å². The largest absolute Gasteiger partial charge is 0.361 e. The van der Waals surface area contributed by atoms with Gasteiger partial charge in [-0.15, -0.1) is 0 Å². The molecule has 0 amide bonds. The van der Waals surface area contributed by atoms with Gasteiger partial charge in [0.25, 0.3) is 0 Å². The Labute approximate surface area is 163 Å². The van der Waals surface area contributed by atoms with Crippen molar-refractivity contribution in [2.45, 2.75) is 124 Å². The maximum Gasteiger partial charge on any atom is 0.240 e. The normalized spacial score (nSPS) is 14.3. The van der Waals surface area contributed by atoms with E-state index in [0.717, 1.165) is 12.3 Å². The number of unbranched alkanes of at least 4 members (excludes halogenated alkanes) is 14. The van der Waals surface area contributed by atoms with E-state index < -0.39 is 0 Å². The predicted octanol–water partition coefficient (Wildman–Crippen LogP) is 7.68. The summed E-state index contributed by atoms with van der Waals surface area (Å²) in [5, 5.41) is 0. The van der Waals surface area contributed by atoms with E-state index in [0.29, 0.717) is 5.88 Å². The topological polar surface area (TPSA) is 33.6 Å². The summed E-state index contributed by atoms with van der Waals surface area (Å²) in [4.78, 5) is 9.47. The molecule has 0 bridgehead atoms. The fourth-order valence-corrected chi connectivity index (χ4v) is 3.62. The van der Waals surface area contributed by atoms with Crippen LogP contribution in [0, 0.1) is 5.41 Å². The van der Waals surface area contributed by atoms with E-state index in [9.17, 15) is 0 Å². The average Bonchev–Trinajstić information content (AvgIpc) is 3.06. The molecule has 0 aromatic rings. The van der Waals surface area contributed by atoms with Gasteiger partial charge in [-0.05, 0) is 13.0 Å². The van der Waals surface area contributed by atoms with E-state index in [1.54, 1.807) is 0 Å². The minimum atomic E-state index is 0.0516. The average molecular weight is 365 g/mol. The molecule has 0 unspecified atom stereocenters. The van der Waals surface area contributed by atoms with Crippen molar-refractivity contribution < 1.29 is 4.84 Å². The molecule has 1 rings (SSSR count). The standard InChI is InChI=1S/C23H44N2O/c1-5-6-7-8-9-10-11-12-13-14-15-16-17-18-19-20-23(3,4)22-24-21(2)26-25-22/h2,5-20H2,1,3-4H3,(H,24,25). The number of rotatable bonds is 17. The highest BCUT2D eigenvalue weighted by Crippen LogP contribution is 2.28. The Kier molecular flexibility index (Phi) is 12.5. The van der Waals surface area contributed by atoms with Crippen LogP contribution in [-0.4, -0.2) is 5.84 Å². The summed E-state index contributed by atoms with van der Waals surface area (Å²) in [6, 6.07) is 0. The lowest BCUT2D eigenvalue weighted by Crippen LogP contribution is -2.33. The van der Waals surface area contributed by atoms with Gasteiger partial charge in [-0.3, -0.25) is 0 Å². The molecular formula is C23H44N2O. The monoisotopic (exact) mass is 364 g/mol. The lowest BCUT2D eigenvalue weighted by Gasteiger charge is -2.23. The van der Waals surface area contributed by atoms with Gasteiger partial charge in [0.2, 0.25) is 5.88 Å². The van der Waals surface area contributed by atoms with Crippen molar-refractivity contribution in [3.05, 3.63) is 12.5 Å². The predicted molar refractivity (Wildman–Crippen MR) is 114 cm³/mol. The first kappa shape index (κ1) is 23.0. The van der Waals surface area contributed by atoms with E-state index in [1.807, 2.05) is 0 Å². The van der Waals surface area contributed by atoms with E-state index in [4.69, 9.17) is 4.84 Å². The molecular weight excluding hydrogens is 320 g/mol. The Morgan fingerprint density at radius 1 is 0.769 bits per heavy atom. The quantitative estimate of drug-likeness (QED) is 0.268. The first-order valence-corrected chi connectivity index (χ1v) is 11.3. The molecule has 3 heteroatoms. The second-order valence-corrected chi connectivity index (χ2v) is 8.64. The molecule has 0 radical (unpaired) electrons.